The zero-order chi connectivity index (χ0) is 13.8. The van der Waals surface area contributed by atoms with Gasteiger partial charge in [0.2, 0.25) is 0 Å². The van der Waals surface area contributed by atoms with E-state index in [4.69, 9.17) is 0 Å². The maximum absolute atomic E-state index is 11.3. The van der Waals surface area contributed by atoms with E-state index in [1.165, 1.54) is 16.7 Å². The molecule has 0 N–H and O–H groups in total. The predicted octanol–water partition coefficient (Wildman–Crippen LogP) is 4.07. The average Bonchev–Trinajstić information content (AvgIpc) is 2.38. The van der Waals surface area contributed by atoms with Gasteiger partial charge in [-0.2, -0.15) is 0 Å². The molecule has 0 aliphatic carbocycles. The van der Waals surface area contributed by atoms with Crippen LogP contribution in [-0.2, 0) is 0 Å². The summed E-state index contributed by atoms with van der Waals surface area (Å²) in [6.07, 6.45) is 7.43. The van der Waals surface area contributed by atoms with Crippen LogP contribution < -0.4 is 0 Å². The molecule has 2 rings (SSSR count). The van der Waals surface area contributed by atoms with Crippen molar-refractivity contribution in [1.29, 1.82) is 0 Å². The molecule has 0 fully saturated rings. The third kappa shape index (κ3) is 3.16. The van der Waals surface area contributed by atoms with Crippen LogP contribution in [-0.4, -0.2) is 10.8 Å². The Morgan fingerprint density at radius 2 is 1.79 bits per heavy atom. The second-order valence-corrected chi connectivity index (χ2v) is 4.70. The van der Waals surface area contributed by atoms with E-state index in [2.05, 4.69) is 43.1 Å². The van der Waals surface area contributed by atoms with Gasteiger partial charge in [0.1, 0.15) is 0 Å². The number of carbonyl (C=O) groups excluding carboxylic acids is 1. The number of ketones is 1. The van der Waals surface area contributed by atoms with Gasteiger partial charge in [-0.3, -0.25) is 9.78 Å². The van der Waals surface area contributed by atoms with Crippen LogP contribution in [0.25, 0.3) is 12.2 Å². The molecule has 0 saturated heterocycles. The molecular weight excluding hydrogens is 234 g/mol. The van der Waals surface area contributed by atoms with Crippen molar-refractivity contribution in [3.8, 4) is 0 Å². The molecule has 0 amide bonds. The quantitative estimate of drug-likeness (QED) is 0.770. The summed E-state index contributed by atoms with van der Waals surface area (Å²) in [6, 6.07) is 8.10. The number of aromatic nitrogens is 1. The zero-order valence-corrected chi connectivity index (χ0v) is 11.5. The normalized spacial score (nSPS) is 10.9. The van der Waals surface area contributed by atoms with Gasteiger partial charge in [0.15, 0.2) is 5.78 Å². The number of rotatable bonds is 3. The van der Waals surface area contributed by atoms with Gasteiger partial charge in [-0.25, -0.2) is 0 Å². The number of aryl methyl sites for hydroxylation is 2. The Kier molecular flexibility index (Phi) is 3.91. The Morgan fingerprint density at radius 1 is 1.11 bits per heavy atom. The molecule has 1 heterocycles. The van der Waals surface area contributed by atoms with Gasteiger partial charge in [-0.05, 0) is 49.1 Å². The molecule has 0 atom stereocenters. The van der Waals surface area contributed by atoms with E-state index in [1.807, 2.05) is 12.1 Å². The Bertz CT molecular complexity index is 621. The minimum absolute atomic E-state index is 0.0369. The highest BCUT2D eigenvalue weighted by molar-refractivity contribution is 5.94. The second-order valence-electron chi connectivity index (χ2n) is 4.70. The standard InChI is InChI=1S/C17H17NO/c1-12-5-4-6-13(2)17(12)8-7-15-9-16(14(3)19)11-18-10-15/h4-11H,1-3H3/b8-7+. The molecule has 0 bridgehead atoms. The van der Waals surface area contributed by atoms with Crippen molar-refractivity contribution in [3.05, 3.63) is 64.5 Å². The van der Waals surface area contributed by atoms with Crippen LogP contribution in [0.15, 0.2) is 36.7 Å². The summed E-state index contributed by atoms with van der Waals surface area (Å²) in [5, 5.41) is 0. The largest absolute Gasteiger partial charge is 0.294 e. The molecule has 0 unspecified atom stereocenters. The van der Waals surface area contributed by atoms with Crippen molar-refractivity contribution in [1.82, 2.24) is 4.98 Å². The van der Waals surface area contributed by atoms with Crippen molar-refractivity contribution in [2.24, 2.45) is 0 Å². The van der Waals surface area contributed by atoms with Gasteiger partial charge < -0.3 is 0 Å². The molecule has 2 heteroatoms. The predicted molar refractivity (Wildman–Crippen MR) is 79.1 cm³/mol. The number of benzene rings is 1. The molecule has 0 saturated carbocycles. The van der Waals surface area contributed by atoms with Crippen LogP contribution in [0.5, 0.6) is 0 Å². The zero-order valence-electron chi connectivity index (χ0n) is 11.5. The van der Waals surface area contributed by atoms with E-state index in [-0.39, 0.29) is 5.78 Å². The van der Waals surface area contributed by atoms with E-state index < -0.39 is 0 Å². The summed E-state index contributed by atoms with van der Waals surface area (Å²) in [4.78, 5) is 15.4. The summed E-state index contributed by atoms with van der Waals surface area (Å²) in [6.45, 7) is 5.74. The van der Waals surface area contributed by atoms with Gasteiger partial charge in [0.25, 0.3) is 0 Å². The van der Waals surface area contributed by atoms with E-state index in [0.717, 1.165) is 5.56 Å². The van der Waals surface area contributed by atoms with Gasteiger partial charge in [-0.1, -0.05) is 30.4 Å². The fraction of sp³-hybridized carbons (Fsp3) is 0.176. The van der Waals surface area contributed by atoms with Crippen molar-refractivity contribution >= 4 is 17.9 Å². The molecular formula is C17H17NO. The smallest absolute Gasteiger partial charge is 0.161 e. The molecule has 0 aliphatic rings. The number of Topliss-reactive ketones (excluding diaryl/α,β-unsaturated/α-hetero) is 1. The molecule has 0 spiro atoms. The van der Waals surface area contributed by atoms with Crippen molar-refractivity contribution < 1.29 is 4.79 Å². The van der Waals surface area contributed by atoms with E-state index in [0.29, 0.717) is 5.56 Å². The summed E-state index contributed by atoms with van der Waals surface area (Å²) in [5.74, 6) is 0.0369. The van der Waals surface area contributed by atoms with Crippen LogP contribution >= 0.6 is 0 Å². The van der Waals surface area contributed by atoms with E-state index in [1.54, 1.807) is 19.3 Å². The molecule has 96 valence electrons. The van der Waals surface area contributed by atoms with Gasteiger partial charge in [0.05, 0.1) is 0 Å². The first-order chi connectivity index (χ1) is 9.08. The molecule has 2 nitrogen and oxygen atoms in total. The SMILES string of the molecule is CC(=O)c1cncc(/C=C/c2c(C)cccc2C)c1. The first kappa shape index (κ1) is 13.2. The minimum atomic E-state index is 0.0369. The Labute approximate surface area is 113 Å². The summed E-state index contributed by atoms with van der Waals surface area (Å²) in [5.41, 5.74) is 5.29. The lowest BCUT2D eigenvalue weighted by Crippen LogP contribution is -1.93. The fourth-order valence-corrected chi connectivity index (χ4v) is 2.01. The molecule has 0 radical (unpaired) electrons. The van der Waals surface area contributed by atoms with Crippen LogP contribution in [0.1, 0.15) is 39.5 Å². The van der Waals surface area contributed by atoms with Crippen LogP contribution in [0, 0.1) is 13.8 Å². The third-order valence-corrected chi connectivity index (χ3v) is 3.15. The van der Waals surface area contributed by atoms with E-state index >= 15 is 0 Å². The summed E-state index contributed by atoms with van der Waals surface area (Å²) >= 11 is 0. The maximum atomic E-state index is 11.3. The highest BCUT2D eigenvalue weighted by atomic mass is 16.1. The molecule has 19 heavy (non-hydrogen) atoms. The average molecular weight is 251 g/mol. The number of hydrogen-bond donors (Lipinski definition) is 0. The first-order valence-electron chi connectivity index (χ1n) is 6.28. The Balaban J connectivity index is 2.33. The number of carbonyl (C=O) groups is 1. The van der Waals surface area contributed by atoms with E-state index in [9.17, 15) is 4.79 Å². The van der Waals surface area contributed by atoms with Gasteiger partial charge >= 0.3 is 0 Å². The van der Waals surface area contributed by atoms with Crippen molar-refractivity contribution in [3.63, 3.8) is 0 Å². The maximum Gasteiger partial charge on any atom is 0.161 e. The Hall–Kier alpha value is -2.22. The van der Waals surface area contributed by atoms with Crippen LogP contribution in [0.4, 0.5) is 0 Å². The lowest BCUT2D eigenvalue weighted by molar-refractivity contribution is 0.101. The summed E-state index contributed by atoms with van der Waals surface area (Å²) < 4.78 is 0. The summed E-state index contributed by atoms with van der Waals surface area (Å²) in [7, 11) is 0. The number of pyridine rings is 1. The second kappa shape index (κ2) is 5.61. The Morgan fingerprint density at radius 3 is 2.42 bits per heavy atom. The lowest BCUT2D eigenvalue weighted by Gasteiger charge is -2.04. The third-order valence-electron chi connectivity index (χ3n) is 3.15. The first-order valence-corrected chi connectivity index (χ1v) is 6.28. The highest BCUT2D eigenvalue weighted by Crippen LogP contribution is 2.17. The number of nitrogens with zero attached hydrogens (tertiary/aromatic N) is 1. The molecule has 1 aromatic heterocycles. The van der Waals surface area contributed by atoms with Crippen LogP contribution in [0.3, 0.4) is 0 Å². The highest BCUT2D eigenvalue weighted by Gasteiger charge is 2.00. The topological polar surface area (TPSA) is 30.0 Å². The molecule has 2 aromatic rings. The number of hydrogen-bond acceptors (Lipinski definition) is 2. The van der Waals surface area contributed by atoms with Gasteiger partial charge in [-0.15, -0.1) is 0 Å². The minimum Gasteiger partial charge on any atom is -0.294 e. The van der Waals surface area contributed by atoms with Crippen LogP contribution in [0.2, 0.25) is 0 Å². The monoisotopic (exact) mass is 251 g/mol. The van der Waals surface area contributed by atoms with Crippen molar-refractivity contribution in [2.75, 3.05) is 0 Å². The molecule has 0 aliphatic heterocycles. The van der Waals surface area contributed by atoms with Gasteiger partial charge in [0, 0.05) is 18.0 Å². The fourth-order valence-electron chi connectivity index (χ4n) is 2.01. The lowest BCUT2D eigenvalue weighted by atomic mass is 10.0. The molecule has 1 aromatic carbocycles. The van der Waals surface area contributed by atoms with Crippen molar-refractivity contribution in [2.45, 2.75) is 20.8 Å².